The van der Waals surface area contributed by atoms with E-state index in [1.807, 2.05) is 30.3 Å². The highest BCUT2D eigenvalue weighted by Crippen LogP contribution is 2.28. The number of nitrogens with two attached hydrogens (primary N) is 1. The highest BCUT2D eigenvalue weighted by atomic mass is 16.4. The number of aromatic carboxylic acids is 1. The van der Waals surface area contributed by atoms with E-state index >= 15 is 0 Å². The highest BCUT2D eigenvalue weighted by molar-refractivity contribution is 5.89. The summed E-state index contributed by atoms with van der Waals surface area (Å²) in [5, 5.41) is 17.7. The fraction of sp³-hybridized carbons (Fsp3) is 0.133. The topological polar surface area (TPSA) is 103 Å². The molecule has 0 aliphatic carbocycles. The van der Waals surface area contributed by atoms with E-state index in [2.05, 4.69) is 11.1 Å². The van der Waals surface area contributed by atoms with E-state index in [-0.39, 0.29) is 11.3 Å². The van der Waals surface area contributed by atoms with Gasteiger partial charge in [-0.15, -0.1) is 0 Å². The first kappa shape index (κ1) is 14.3. The summed E-state index contributed by atoms with van der Waals surface area (Å²) >= 11 is 0. The van der Waals surface area contributed by atoms with Gasteiger partial charge in [0.1, 0.15) is 0 Å². The van der Waals surface area contributed by atoms with Crippen molar-refractivity contribution in [3.63, 3.8) is 0 Å². The number of nitriles is 1. The molecule has 0 saturated heterocycles. The predicted octanol–water partition coefficient (Wildman–Crippen LogP) is 2.41. The van der Waals surface area contributed by atoms with Gasteiger partial charge in [-0.05, 0) is 18.2 Å². The normalized spacial score (nSPS) is 9.86. The average Bonchev–Trinajstić information content (AvgIpc) is 2.50. The van der Waals surface area contributed by atoms with Gasteiger partial charge < -0.3 is 15.7 Å². The van der Waals surface area contributed by atoms with Crippen molar-refractivity contribution in [1.82, 2.24) is 4.98 Å². The van der Waals surface area contributed by atoms with Gasteiger partial charge in [-0.3, -0.25) is 0 Å². The maximum atomic E-state index is 10.9. The van der Waals surface area contributed by atoms with Crippen LogP contribution in [0.4, 0.5) is 17.2 Å². The highest BCUT2D eigenvalue weighted by Gasteiger charge is 2.15. The van der Waals surface area contributed by atoms with Gasteiger partial charge in [0.15, 0.2) is 5.82 Å². The summed E-state index contributed by atoms with van der Waals surface area (Å²) in [4.78, 5) is 16.9. The van der Waals surface area contributed by atoms with Gasteiger partial charge in [-0.2, -0.15) is 5.26 Å². The van der Waals surface area contributed by atoms with E-state index < -0.39 is 5.97 Å². The van der Waals surface area contributed by atoms with Crippen LogP contribution in [-0.2, 0) is 0 Å². The Morgan fingerprint density at radius 1 is 1.38 bits per heavy atom. The summed E-state index contributed by atoms with van der Waals surface area (Å²) in [5.41, 5.74) is 7.05. The monoisotopic (exact) mass is 282 g/mol. The van der Waals surface area contributed by atoms with E-state index in [0.29, 0.717) is 18.8 Å². The van der Waals surface area contributed by atoms with Crippen molar-refractivity contribution in [2.75, 3.05) is 17.2 Å². The van der Waals surface area contributed by atoms with Crippen LogP contribution in [0.1, 0.15) is 16.8 Å². The van der Waals surface area contributed by atoms with Crippen LogP contribution in [0, 0.1) is 11.3 Å². The Bertz CT molecular complexity index is 680. The number of carbonyl (C=O) groups is 1. The summed E-state index contributed by atoms with van der Waals surface area (Å²) in [6, 6.07) is 12.8. The third-order valence-corrected chi connectivity index (χ3v) is 2.91. The molecule has 106 valence electrons. The van der Waals surface area contributed by atoms with Crippen molar-refractivity contribution >= 4 is 23.2 Å². The standard InChI is InChI=1S/C15H14N4O2/c16-7-4-8-19(12-5-2-1-3-6-12)14-13(17)9-11(10-18-14)15(20)21/h1-3,5-6,9-10H,4,8,17H2,(H,20,21). The van der Waals surface area contributed by atoms with E-state index in [1.54, 1.807) is 4.90 Å². The van der Waals surface area contributed by atoms with Gasteiger partial charge in [0.25, 0.3) is 0 Å². The molecule has 0 atom stereocenters. The third-order valence-electron chi connectivity index (χ3n) is 2.91. The molecule has 0 amide bonds. The Morgan fingerprint density at radius 2 is 2.10 bits per heavy atom. The molecule has 0 aliphatic heterocycles. The molecule has 0 aliphatic rings. The lowest BCUT2D eigenvalue weighted by Gasteiger charge is -2.24. The van der Waals surface area contributed by atoms with Gasteiger partial charge in [0.2, 0.25) is 0 Å². The van der Waals surface area contributed by atoms with Crippen molar-refractivity contribution in [2.24, 2.45) is 0 Å². The predicted molar refractivity (Wildman–Crippen MR) is 79.3 cm³/mol. The van der Waals surface area contributed by atoms with Crippen molar-refractivity contribution < 1.29 is 9.90 Å². The lowest BCUT2D eigenvalue weighted by molar-refractivity contribution is 0.0696. The van der Waals surface area contributed by atoms with Gasteiger partial charge in [-0.1, -0.05) is 18.2 Å². The smallest absolute Gasteiger partial charge is 0.337 e. The number of rotatable bonds is 5. The SMILES string of the molecule is N#CCCN(c1ccccc1)c1ncc(C(=O)O)cc1N. The molecule has 1 aromatic carbocycles. The van der Waals surface area contributed by atoms with Crippen LogP contribution in [-0.4, -0.2) is 22.6 Å². The van der Waals surface area contributed by atoms with E-state index in [9.17, 15) is 4.79 Å². The number of hydrogen-bond acceptors (Lipinski definition) is 5. The van der Waals surface area contributed by atoms with Crippen LogP contribution in [0.2, 0.25) is 0 Å². The Labute approximate surface area is 122 Å². The molecule has 0 spiro atoms. The molecule has 0 fully saturated rings. The minimum absolute atomic E-state index is 0.0320. The fourth-order valence-electron chi connectivity index (χ4n) is 1.94. The van der Waals surface area contributed by atoms with Crippen LogP contribution >= 0.6 is 0 Å². The molecule has 6 heteroatoms. The molecule has 1 aromatic heterocycles. The van der Waals surface area contributed by atoms with Crippen LogP contribution in [0.5, 0.6) is 0 Å². The van der Waals surface area contributed by atoms with Crippen LogP contribution in [0.25, 0.3) is 0 Å². The number of aromatic nitrogens is 1. The minimum Gasteiger partial charge on any atom is -0.478 e. The first-order valence-electron chi connectivity index (χ1n) is 6.32. The zero-order valence-electron chi connectivity index (χ0n) is 11.2. The number of benzene rings is 1. The molecule has 6 nitrogen and oxygen atoms in total. The maximum Gasteiger partial charge on any atom is 0.337 e. The van der Waals surface area contributed by atoms with Crippen molar-refractivity contribution in [3.05, 3.63) is 48.2 Å². The summed E-state index contributed by atoms with van der Waals surface area (Å²) < 4.78 is 0. The molecule has 2 aromatic rings. The quantitative estimate of drug-likeness (QED) is 0.872. The second-order valence-corrected chi connectivity index (χ2v) is 4.34. The fourth-order valence-corrected chi connectivity index (χ4v) is 1.94. The number of carboxylic acids is 1. The van der Waals surface area contributed by atoms with Gasteiger partial charge in [0.05, 0.1) is 23.7 Å². The lowest BCUT2D eigenvalue weighted by atomic mass is 10.2. The van der Waals surface area contributed by atoms with Crippen LogP contribution < -0.4 is 10.6 Å². The number of hydrogen-bond donors (Lipinski definition) is 2. The number of para-hydroxylation sites is 1. The number of nitrogen functional groups attached to an aromatic ring is 1. The molecule has 2 rings (SSSR count). The van der Waals surface area contributed by atoms with Gasteiger partial charge in [0, 0.05) is 18.4 Å². The van der Waals surface area contributed by atoms with E-state index in [0.717, 1.165) is 5.69 Å². The summed E-state index contributed by atoms with van der Waals surface area (Å²) in [6.45, 7) is 0.421. The van der Waals surface area contributed by atoms with Gasteiger partial charge in [-0.25, -0.2) is 9.78 Å². The molecule has 1 heterocycles. The Hall–Kier alpha value is -3.07. The zero-order valence-corrected chi connectivity index (χ0v) is 11.2. The zero-order chi connectivity index (χ0) is 15.2. The first-order chi connectivity index (χ1) is 10.1. The van der Waals surface area contributed by atoms with E-state index in [4.69, 9.17) is 16.1 Å². The first-order valence-corrected chi connectivity index (χ1v) is 6.32. The molecule has 21 heavy (non-hydrogen) atoms. The Balaban J connectivity index is 2.42. The Morgan fingerprint density at radius 3 is 2.67 bits per heavy atom. The second kappa shape index (κ2) is 6.39. The minimum atomic E-state index is -1.08. The summed E-state index contributed by atoms with van der Waals surface area (Å²) in [7, 11) is 0. The van der Waals surface area contributed by atoms with Crippen LogP contribution in [0.15, 0.2) is 42.6 Å². The molecule has 0 radical (unpaired) electrons. The lowest BCUT2D eigenvalue weighted by Crippen LogP contribution is -2.21. The Kier molecular flexibility index (Phi) is 4.36. The number of nitrogens with zero attached hydrogens (tertiary/aromatic N) is 3. The van der Waals surface area contributed by atoms with E-state index in [1.165, 1.54) is 12.3 Å². The number of anilines is 3. The summed E-state index contributed by atoms with van der Waals surface area (Å²) in [6.07, 6.45) is 1.56. The summed E-state index contributed by atoms with van der Waals surface area (Å²) in [5.74, 6) is -0.634. The third kappa shape index (κ3) is 3.28. The molecule has 0 saturated carbocycles. The second-order valence-electron chi connectivity index (χ2n) is 4.34. The molecule has 3 N–H and O–H groups in total. The maximum absolute atomic E-state index is 10.9. The number of carboxylic acid groups (broad SMARTS) is 1. The molecular formula is C15H14N4O2. The van der Waals surface area contributed by atoms with Crippen molar-refractivity contribution in [2.45, 2.75) is 6.42 Å². The molecule has 0 bridgehead atoms. The van der Waals surface area contributed by atoms with Gasteiger partial charge >= 0.3 is 5.97 Å². The van der Waals surface area contributed by atoms with Crippen LogP contribution in [0.3, 0.4) is 0 Å². The largest absolute Gasteiger partial charge is 0.478 e. The van der Waals surface area contributed by atoms with Crippen molar-refractivity contribution in [3.8, 4) is 6.07 Å². The number of pyridine rings is 1. The van der Waals surface area contributed by atoms with Crippen molar-refractivity contribution in [1.29, 1.82) is 5.26 Å². The molecule has 0 unspecified atom stereocenters. The average molecular weight is 282 g/mol. The molecular weight excluding hydrogens is 268 g/mol.